The number of unbranched alkanes of at least 4 members (excludes halogenated alkanes) is 1. The standard InChI is InChI=1S/C25H28F3N3O6S3/c1-4-6-11-21-29-23(38-3)22(24(32)37-5-2)31(21)16-17-12-14-18(15-13-17)19-9-7-8-10-20(19)39(33,34)30-40(35,36)25(26,27)28/h7-10,12-15,30H,4-6,11,16H2,1-3H3. The second kappa shape index (κ2) is 12.7. The lowest BCUT2D eigenvalue weighted by atomic mass is 10.0. The first-order chi connectivity index (χ1) is 18.8. The van der Waals surface area contributed by atoms with Crippen LogP contribution in [0.25, 0.3) is 11.1 Å². The number of sulfonamides is 2. The Bertz CT molecular complexity index is 1570. The monoisotopic (exact) mass is 619 g/mol. The summed E-state index contributed by atoms with van der Waals surface area (Å²) in [6.07, 6.45) is 4.23. The third-order valence-electron chi connectivity index (χ3n) is 5.74. The highest BCUT2D eigenvalue weighted by Crippen LogP contribution is 2.30. The summed E-state index contributed by atoms with van der Waals surface area (Å²) >= 11 is 1.33. The van der Waals surface area contributed by atoms with E-state index in [-0.39, 0.29) is 18.7 Å². The van der Waals surface area contributed by atoms with Crippen molar-refractivity contribution in [3.8, 4) is 11.1 Å². The van der Waals surface area contributed by atoms with E-state index < -0.39 is 36.4 Å². The molecular weight excluding hydrogens is 591 g/mol. The molecule has 0 bridgehead atoms. The SMILES string of the molecule is CCCCc1nc(SC)c(C(=O)OCC)n1Cc1ccc(-c2ccccc2S(=O)(=O)NS(=O)(=O)C(F)(F)F)cc1. The van der Waals surface area contributed by atoms with Crippen molar-refractivity contribution in [1.82, 2.24) is 13.7 Å². The molecule has 0 amide bonds. The van der Waals surface area contributed by atoms with Gasteiger partial charge < -0.3 is 9.30 Å². The smallest absolute Gasteiger partial charge is 0.461 e. The molecule has 218 valence electrons. The molecule has 0 spiro atoms. The molecule has 3 aromatic rings. The van der Waals surface area contributed by atoms with E-state index in [0.29, 0.717) is 28.5 Å². The molecule has 0 saturated carbocycles. The first-order valence-corrected chi connectivity index (χ1v) is 16.3. The molecule has 9 nitrogen and oxygen atoms in total. The van der Waals surface area contributed by atoms with Crippen LogP contribution >= 0.6 is 11.8 Å². The Kier molecular flexibility index (Phi) is 10.1. The summed E-state index contributed by atoms with van der Waals surface area (Å²) in [4.78, 5) is 16.8. The summed E-state index contributed by atoms with van der Waals surface area (Å²) in [5.41, 5.74) is -4.42. The van der Waals surface area contributed by atoms with E-state index in [4.69, 9.17) is 4.74 Å². The van der Waals surface area contributed by atoms with Gasteiger partial charge >= 0.3 is 21.5 Å². The Morgan fingerprint density at radius 1 is 1.05 bits per heavy atom. The first-order valence-electron chi connectivity index (χ1n) is 12.1. The van der Waals surface area contributed by atoms with Gasteiger partial charge in [-0.25, -0.2) is 26.6 Å². The van der Waals surface area contributed by atoms with Crippen LogP contribution < -0.4 is 4.13 Å². The van der Waals surface area contributed by atoms with Crippen LogP contribution in [0.4, 0.5) is 13.2 Å². The molecule has 0 radical (unpaired) electrons. The molecule has 0 aliphatic rings. The Morgan fingerprint density at radius 2 is 1.70 bits per heavy atom. The largest absolute Gasteiger partial charge is 0.512 e. The van der Waals surface area contributed by atoms with E-state index in [1.54, 1.807) is 35.8 Å². The van der Waals surface area contributed by atoms with Gasteiger partial charge in [0.25, 0.3) is 10.0 Å². The van der Waals surface area contributed by atoms with Gasteiger partial charge in [-0.05, 0) is 36.8 Å². The lowest BCUT2D eigenvalue weighted by molar-refractivity contribution is -0.0441. The maximum atomic E-state index is 12.8. The Hall–Kier alpha value is -2.88. The number of imidazole rings is 1. The van der Waals surface area contributed by atoms with Crippen LogP contribution in [0.5, 0.6) is 0 Å². The van der Waals surface area contributed by atoms with Gasteiger partial charge in [0.1, 0.15) is 10.9 Å². The molecule has 1 N–H and O–H groups in total. The van der Waals surface area contributed by atoms with Gasteiger partial charge in [0, 0.05) is 18.5 Å². The highest BCUT2D eigenvalue weighted by Gasteiger charge is 2.48. The maximum absolute atomic E-state index is 12.8. The summed E-state index contributed by atoms with van der Waals surface area (Å²) < 4.78 is 94.5. The summed E-state index contributed by atoms with van der Waals surface area (Å²) in [5, 5.41) is 0.543. The average molecular weight is 620 g/mol. The fourth-order valence-electron chi connectivity index (χ4n) is 3.86. The van der Waals surface area contributed by atoms with Gasteiger partial charge in [-0.1, -0.05) is 59.9 Å². The molecule has 0 unspecified atom stereocenters. The van der Waals surface area contributed by atoms with Crippen molar-refractivity contribution in [2.24, 2.45) is 0 Å². The molecule has 0 atom stereocenters. The number of carbonyl (C=O) groups is 1. The van der Waals surface area contributed by atoms with Crippen molar-refractivity contribution in [3.05, 3.63) is 65.6 Å². The van der Waals surface area contributed by atoms with Crippen LogP contribution in [-0.2, 0) is 37.7 Å². The number of esters is 1. The fraction of sp³-hybridized carbons (Fsp3) is 0.360. The van der Waals surface area contributed by atoms with Gasteiger partial charge in [0.15, 0.2) is 5.69 Å². The first kappa shape index (κ1) is 31.6. The number of aryl methyl sites for hydroxylation is 1. The summed E-state index contributed by atoms with van der Waals surface area (Å²) in [5.74, 6) is 0.214. The lowest BCUT2D eigenvalue weighted by Crippen LogP contribution is -2.40. The van der Waals surface area contributed by atoms with Gasteiger partial charge in [-0.15, -0.1) is 11.8 Å². The van der Waals surface area contributed by atoms with E-state index in [9.17, 15) is 34.8 Å². The van der Waals surface area contributed by atoms with E-state index in [0.717, 1.165) is 28.6 Å². The Morgan fingerprint density at radius 3 is 2.27 bits per heavy atom. The summed E-state index contributed by atoms with van der Waals surface area (Å²) in [7, 11) is -11.3. The van der Waals surface area contributed by atoms with Crippen molar-refractivity contribution in [3.63, 3.8) is 0 Å². The van der Waals surface area contributed by atoms with Crippen LogP contribution in [0.2, 0.25) is 0 Å². The highest BCUT2D eigenvalue weighted by molar-refractivity contribution is 8.05. The summed E-state index contributed by atoms with van der Waals surface area (Å²) in [6, 6.07) is 11.6. The molecule has 3 rings (SSSR count). The number of halogens is 3. The zero-order valence-electron chi connectivity index (χ0n) is 21.9. The number of benzene rings is 2. The summed E-state index contributed by atoms with van der Waals surface area (Å²) in [6.45, 7) is 4.20. The number of alkyl halides is 3. The number of rotatable bonds is 12. The van der Waals surface area contributed by atoms with Crippen molar-refractivity contribution >= 4 is 37.8 Å². The van der Waals surface area contributed by atoms with Crippen LogP contribution in [0.15, 0.2) is 58.5 Å². The number of nitrogens with zero attached hydrogens (tertiary/aromatic N) is 2. The topological polar surface area (TPSA) is 124 Å². The lowest BCUT2D eigenvalue weighted by Gasteiger charge is -2.14. The van der Waals surface area contributed by atoms with Crippen LogP contribution in [0.3, 0.4) is 0 Å². The number of hydrogen-bond donors (Lipinski definition) is 1. The zero-order valence-corrected chi connectivity index (χ0v) is 24.3. The molecule has 1 heterocycles. The molecule has 0 saturated heterocycles. The Balaban J connectivity index is 1.99. The van der Waals surface area contributed by atoms with E-state index in [1.807, 2.05) is 13.2 Å². The van der Waals surface area contributed by atoms with E-state index in [2.05, 4.69) is 4.98 Å². The van der Waals surface area contributed by atoms with Crippen LogP contribution in [-0.4, -0.2) is 50.7 Å². The Labute approximate surface area is 235 Å². The quantitative estimate of drug-likeness (QED) is 0.223. The van der Waals surface area contributed by atoms with Crippen molar-refractivity contribution < 1.29 is 39.5 Å². The average Bonchev–Trinajstić information content (AvgIpc) is 3.24. The minimum atomic E-state index is -6.16. The number of nitrogens with one attached hydrogen (secondary N) is 1. The molecule has 0 aliphatic heterocycles. The number of aromatic nitrogens is 2. The van der Waals surface area contributed by atoms with E-state index >= 15 is 0 Å². The van der Waals surface area contributed by atoms with Crippen molar-refractivity contribution in [2.75, 3.05) is 12.9 Å². The number of ether oxygens (including phenoxy) is 1. The second-order valence-electron chi connectivity index (χ2n) is 8.53. The molecule has 15 heteroatoms. The second-order valence-corrected chi connectivity index (χ2v) is 12.9. The number of carbonyl (C=O) groups excluding carboxylic acids is 1. The van der Waals surface area contributed by atoms with E-state index in [1.165, 1.54) is 30.0 Å². The molecule has 1 aromatic heterocycles. The zero-order chi connectivity index (χ0) is 29.7. The van der Waals surface area contributed by atoms with Gasteiger partial charge in [-0.2, -0.15) is 13.2 Å². The predicted octanol–water partition coefficient (Wildman–Crippen LogP) is 4.97. The molecule has 40 heavy (non-hydrogen) atoms. The minimum absolute atomic E-state index is 0.00192. The highest BCUT2D eigenvalue weighted by atomic mass is 32.3. The maximum Gasteiger partial charge on any atom is 0.512 e. The molecular formula is C25H28F3N3O6S3. The van der Waals surface area contributed by atoms with Gasteiger partial charge in [0.2, 0.25) is 0 Å². The van der Waals surface area contributed by atoms with Crippen molar-refractivity contribution in [1.29, 1.82) is 0 Å². The predicted molar refractivity (Wildman–Crippen MR) is 145 cm³/mol. The van der Waals surface area contributed by atoms with Crippen LogP contribution in [0, 0.1) is 0 Å². The normalized spacial score (nSPS) is 12.4. The van der Waals surface area contributed by atoms with Crippen molar-refractivity contribution in [2.45, 2.75) is 55.1 Å². The number of hydrogen-bond acceptors (Lipinski definition) is 8. The minimum Gasteiger partial charge on any atom is -0.461 e. The molecule has 0 fully saturated rings. The van der Waals surface area contributed by atoms with Gasteiger partial charge in [-0.3, -0.25) is 0 Å². The molecule has 0 aliphatic carbocycles. The molecule has 2 aromatic carbocycles. The number of thioether (sulfide) groups is 1. The third kappa shape index (κ3) is 7.06. The fourth-order valence-corrected chi connectivity index (χ4v) is 7.07. The van der Waals surface area contributed by atoms with Gasteiger partial charge in [0.05, 0.1) is 11.5 Å². The third-order valence-corrected chi connectivity index (χ3v) is 9.71. The van der Waals surface area contributed by atoms with Crippen LogP contribution in [0.1, 0.15) is 48.6 Å².